The zero-order chi connectivity index (χ0) is 20.7. The standard InChI is InChI=1S/C22H36N2O5/c1-4-5-6-7-10-13-26-19-18(27-21-20(19)28-22(2,3)29-21)17(25)15-23-14-16-11-8-9-12-24-16/h8-9,11-12,17-21,23,25H,4-7,10,13-15H2,1-3H3/t17-,18-,19+,20-,21-/m1/s1. The number of fused-ring (bicyclic) bond motifs is 1. The van der Waals surface area contributed by atoms with Crippen LogP contribution in [-0.4, -0.2) is 59.7 Å². The lowest BCUT2D eigenvalue weighted by Gasteiger charge is -2.28. The second-order valence-corrected chi connectivity index (χ2v) is 8.34. The molecule has 0 spiro atoms. The van der Waals surface area contributed by atoms with E-state index in [4.69, 9.17) is 18.9 Å². The van der Waals surface area contributed by atoms with Gasteiger partial charge in [-0.1, -0.05) is 38.7 Å². The lowest BCUT2D eigenvalue weighted by atomic mass is 10.1. The Hall–Kier alpha value is -1.09. The minimum atomic E-state index is -0.732. The van der Waals surface area contributed by atoms with Gasteiger partial charge in [-0.3, -0.25) is 4.98 Å². The third-order valence-electron chi connectivity index (χ3n) is 5.35. The van der Waals surface area contributed by atoms with Crippen LogP contribution in [0.4, 0.5) is 0 Å². The van der Waals surface area contributed by atoms with E-state index >= 15 is 0 Å². The number of nitrogens with one attached hydrogen (secondary N) is 1. The Labute approximate surface area is 174 Å². The first-order valence-electron chi connectivity index (χ1n) is 10.9. The van der Waals surface area contributed by atoms with Crippen LogP contribution >= 0.6 is 0 Å². The summed E-state index contributed by atoms with van der Waals surface area (Å²) < 4.78 is 24.0. The molecule has 7 nitrogen and oxygen atoms in total. The molecule has 0 bridgehead atoms. The topological polar surface area (TPSA) is 82.1 Å². The summed E-state index contributed by atoms with van der Waals surface area (Å²) in [5, 5.41) is 14.0. The van der Waals surface area contributed by atoms with Gasteiger partial charge in [-0.25, -0.2) is 0 Å². The number of hydrogen-bond acceptors (Lipinski definition) is 7. The fourth-order valence-corrected chi connectivity index (χ4v) is 3.90. The number of aromatic nitrogens is 1. The molecule has 1 aromatic heterocycles. The van der Waals surface area contributed by atoms with Crippen molar-refractivity contribution < 1.29 is 24.1 Å². The van der Waals surface area contributed by atoms with Crippen LogP contribution in [0.25, 0.3) is 0 Å². The summed E-state index contributed by atoms with van der Waals surface area (Å²) in [5.74, 6) is -0.703. The van der Waals surface area contributed by atoms with E-state index in [0.717, 1.165) is 18.5 Å². The quantitative estimate of drug-likeness (QED) is 0.515. The lowest BCUT2D eigenvalue weighted by molar-refractivity contribution is -0.229. The minimum absolute atomic E-state index is 0.323. The summed E-state index contributed by atoms with van der Waals surface area (Å²) in [4.78, 5) is 4.28. The molecule has 2 fully saturated rings. The van der Waals surface area contributed by atoms with Gasteiger partial charge >= 0.3 is 0 Å². The molecular weight excluding hydrogens is 372 g/mol. The van der Waals surface area contributed by atoms with Crippen LogP contribution in [-0.2, 0) is 25.5 Å². The molecule has 7 heteroatoms. The van der Waals surface area contributed by atoms with Crippen LogP contribution in [0.15, 0.2) is 24.4 Å². The van der Waals surface area contributed by atoms with Crippen molar-refractivity contribution >= 4 is 0 Å². The third kappa shape index (κ3) is 6.44. The van der Waals surface area contributed by atoms with Crippen LogP contribution in [0, 0.1) is 0 Å². The predicted molar refractivity (Wildman–Crippen MR) is 109 cm³/mol. The van der Waals surface area contributed by atoms with Crippen LogP contribution < -0.4 is 5.32 Å². The Balaban J connectivity index is 1.50. The molecule has 0 radical (unpaired) electrons. The number of hydrogen-bond donors (Lipinski definition) is 2. The van der Waals surface area contributed by atoms with Gasteiger partial charge in [0.25, 0.3) is 0 Å². The fourth-order valence-electron chi connectivity index (χ4n) is 3.90. The van der Waals surface area contributed by atoms with E-state index in [0.29, 0.717) is 19.7 Å². The highest BCUT2D eigenvalue weighted by Crippen LogP contribution is 2.39. The van der Waals surface area contributed by atoms with Crippen LogP contribution in [0.5, 0.6) is 0 Å². The minimum Gasteiger partial charge on any atom is -0.389 e. The number of pyridine rings is 1. The van der Waals surface area contributed by atoms with Crippen LogP contribution in [0.3, 0.4) is 0 Å². The van der Waals surface area contributed by atoms with Crippen molar-refractivity contribution in [2.75, 3.05) is 13.2 Å². The van der Waals surface area contributed by atoms with E-state index in [2.05, 4.69) is 17.2 Å². The van der Waals surface area contributed by atoms with Gasteiger partial charge in [0.15, 0.2) is 12.1 Å². The van der Waals surface area contributed by atoms with Crippen molar-refractivity contribution in [3.05, 3.63) is 30.1 Å². The van der Waals surface area contributed by atoms with Gasteiger partial charge in [0.1, 0.15) is 18.3 Å². The Morgan fingerprint density at radius 2 is 2.03 bits per heavy atom. The maximum Gasteiger partial charge on any atom is 0.190 e. The van der Waals surface area contributed by atoms with Gasteiger partial charge in [-0.05, 0) is 32.4 Å². The van der Waals surface area contributed by atoms with Crippen LogP contribution in [0.2, 0.25) is 0 Å². The first-order chi connectivity index (χ1) is 14.0. The molecule has 3 rings (SSSR count). The van der Waals surface area contributed by atoms with Gasteiger partial charge in [0.05, 0.1) is 11.8 Å². The normalized spacial score (nSPS) is 29.1. The molecule has 0 aromatic carbocycles. The molecule has 5 atom stereocenters. The third-order valence-corrected chi connectivity index (χ3v) is 5.35. The first kappa shape index (κ1) is 22.6. The summed E-state index contributed by atoms with van der Waals surface area (Å²) in [6.07, 6.45) is 5.21. The Bertz CT molecular complexity index is 600. The Morgan fingerprint density at radius 3 is 2.79 bits per heavy atom. The number of nitrogens with zero attached hydrogens (tertiary/aromatic N) is 1. The number of rotatable bonds is 12. The monoisotopic (exact) mass is 408 g/mol. The second kappa shape index (κ2) is 10.8. The summed E-state index contributed by atoms with van der Waals surface area (Å²) in [5.41, 5.74) is 0.928. The molecule has 0 aliphatic carbocycles. The summed E-state index contributed by atoms with van der Waals surface area (Å²) >= 11 is 0. The molecule has 2 aliphatic rings. The largest absolute Gasteiger partial charge is 0.389 e. The van der Waals surface area contributed by atoms with Gasteiger partial charge in [-0.2, -0.15) is 0 Å². The van der Waals surface area contributed by atoms with Crippen molar-refractivity contribution in [3.63, 3.8) is 0 Å². The second-order valence-electron chi connectivity index (χ2n) is 8.34. The number of unbranched alkanes of at least 4 members (excludes halogenated alkanes) is 4. The molecule has 29 heavy (non-hydrogen) atoms. The van der Waals surface area contributed by atoms with E-state index in [1.165, 1.54) is 19.3 Å². The Kier molecular flexibility index (Phi) is 8.41. The van der Waals surface area contributed by atoms with E-state index in [1.54, 1.807) is 6.20 Å². The highest BCUT2D eigenvalue weighted by Gasteiger charge is 2.56. The molecule has 2 aliphatic heterocycles. The van der Waals surface area contributed by atoms with Crippen molar-refractivity contribution in [2.45, 2.75) is 95.9 Å². The highest BCUT2D eigenvalue weighted by atomic mass is 16.8. The molecule has 3 heterocycles. The average molecular weight is 409 g/mol. The number of aliphatic hydroxyl groups is 1. The van der Waals surface area contributed by atoms with Crippen LogP contribution in [0.1, 0.15) is 58.6 Å². The van der Waals surface area contributed by atoms with E-state index in [9.17, 15) is 5.11 Å². The van der Waals surface area contributed by atoms with Gasteiger partial charge in [-0.15, -0.1) is 0 Å². The average Bonchev–Trinajstić information content (AvgIpc) is 3.17. The molecule has 0 amide bonds. The Morgan fingerprint density at radius 1 is 1.21 bits per heavy atom. The zero-order valence-electron chi connectivity index (χ0n) is 17.9. The first-order valence-corrected chi connectivity index (χ1v) is 10.9. The summed E-state index contributed by atoms with van der Waals surface area (Å²) in [6.45, 7) is 7.54. The fraction of sp³-hybridized carbons (Fsp3) is 0.773. The number of aliphatic hydroxyl groups excluding tert-OH is 1. The molecule has 2 N–H and O–H groups in total. The van der Waals surface area contributed by atoms with Crippen molar-refractivity contribution in [2.24, 2.45) is 0 Å². The molecular formula is C22H36N2O5. The molecule has 164 valence electrons. The predicted octanol–water partition coefficient (Wildman–Crippen LogP) is 2.76. The van der Waals surface area contributed by atoms with E-state index < -0.39 is 24.3 Å². The van der Waals surface area contributed by atoms with Crippen molar-refractivity contribution in [1.29, 1.82) is 0 Å². The van der Waals surface area contributed by atoms with E-state index in [-0.39, 0.29) is 12.2 Å². The molecule has 1 aromatic rings. The number of ether oxygens (including phenoxy) is 4. The summed E-state index contributed by atoms with van der Waals surface area (Å²) in [6, 6.07) is 5.78. The highest BCUT2D eigenvalue weighted by molar-refractivity contribution is 5.03. The van der Waals surface area contributed by atoms with Gasteiger partial charge in [0, 0.05) is 25.9 Å². The smallest absolute Gasteiger partial charge is 0.190 e. The lowest BCUT2D eigenvalue weighted by Crippen LogP contribution is -2.46. The molecule has 2 saturated heterocycles. The van der Waals surface area contributed by atoms with E-state index in [1.807, 2.05) is 32.0 Å². The zero-order valence-corrected chi connectivity index (χ0v) is 17.9. The van der Waals surface area contributed by atoms with Gasteiger partial charge in [0.2, 0.25) is 0 Å². The maximum atomic E-state index is 10.8. The summed E-state index contributed by atoms with van der Waals surface area (Å²) in [7, 11) is 0. The van der Waals surface area contributed by atoms with Gasteiger partial charge < -0.3 is 29.4 Å². The van der Waals surface area contributed by atoms with Crippen molar-refractivity contribution in [1.82, 2.24) is 10.3 Å². The van der Waals surface area contributed by atoms with Crippen molar-refractivity contribution in [3.8, 4) is 0 Å². The molecule has 0 unspecified atom stereocenters. The molecule has 0 saturated carbocycles. The SMILES string of the molecule is CCCCCCCO[C@@H]1[C@H]2OC(C)(C)O[C@H]2O[C@@H]1[C@H](O)CNCc1ccccn1. The maximum absolute atomic E-state index is 10.8.